The molecule has 1 aliphatic rings. The van der Waals surface area contributed by atoms with Gasteiger partial charge in [-0.1, -0.05) is 0 Å². The highest BCUT2D eigenvalue weighted by molar-refractivity contribution is 5.42. The fraction of sp³-hybridized carbons (Fsp3) is 0.500. The summed E-state index contributed by atoms with van der Waals surface area (Å²) in [5, 5.41) is 0. The number of morpholine rings is 1. The second-order valence-electron chi connectivity index (χ2n) is 3.41. The van der Waals surface area contributed by atoms with Crippen molar-refractivity contribution in [2.24, 2.45) is 0 Å². The quantitative estimate of drug-likeness (QED) is 0.714. The van der Waals surface area contributed by atoms with Crippen LogP contribution in [0.15, 0.2) is 18.3 Å². The lowest BCUT2D eigenvalue weighted by atomic mass is 10.3. The van der Waals surface area contributed by atoms with E-state index in [1.54, 1.807) is 6.07 Å². The highest BCUT2D eigenvalue weighted by Gasteiger charge is 2.17. The molecule has 6 heteroatoms. The Morgan fingerprint density at radius 1 is 1.44 bits per heavy atom. The Bertz CT molecular complexity index is 360. The molecule has 2 heterocycles. The topological polar surface area (TPSA) is 54.7 Å². The lowest BCUT2D eigenvalue weighted by Gasteiger charge is -2.27. The van der Waals surface area contributed by atoms with Crippen LogP contribution in [0.3, 0.4) is 0 Å². The zero-order valence-electron chi connectivity index (χ0n) is 9.13. The van der Waals surface area contributed by atoms with Gasteiger partial charge in [0.25, 0.3) is 4.92 Å². The van der Waals surface area contributed by atoms with Gasteiger partial charge in [-0.15, -0.1) is 0 Å². The molecule has 0 saturated carbocycles. The zero-order valence-corrected chi connectivity index (χ0v) is 9.13. The molecule has 16 heavy (non-hydrogen) atoms. The maximum Gasteiger partial charge on any atom is 0.335 e. The van der Waals surface area contributed by atoms with Gasteiger partial charge in [0, 0.05) is 19.2 Å². The summed E-state index contributed by atoms with van der Waals surface area (Å²) in [5.74, 6) is 0.858. The molecule has 6 nitrogen and oxygen atoms in total. The smallest absolute Gasteiger partial charge is 0.335 e. The van der Waals surface area contributed by atoms with Crippen molar-refractivity contribution >= 4 is 11.5 Å². The summed E-state index contributed by atoms with van der Waals surface area (Å²) in [6.07, 6.45) is 1.50. The Hall–Kier alpha value is -1.69. The van der Waals surface area contributed by atoms with Crippen LogP contribution in [0.25, 0.3) is 0 Å². The molecule has 86 valence electrons. The third-order valence-corrected chi connectivity index (χ3v) is 2.44. The molecule has 0 aromatic carbocycles. The first-order valence-corrected chi connectivity index (χ1v) is 5.11. The molecule has 1 aromatic rings. The second kappa shape index (κ2) is 4.89. The first kappa shape index (κ1) is 10.8. The lowest BCUT2D eigenvalue weighted by molar-refractivity contribution is -0.736. The van der Waals surface area contributed by atoms with E-state index in [2.05, 4.69) is 14.7 Å². The van der Waals surface area contributed by atoms with E-state index in [1.807, 2.05) is 6.07 Å². The molecule has 0 unspecified atom stereocenters. The minimum absolute atomic E-state index is 0.388. The van der Waals surface area contributed by atoms with Crippen LogP contribution >= 0.6 is 0 Å². The average molecular weight is 224 g/mol. The number of pyridine rings is 1. The normalized spacial score (nSPS) is 15.9. The van der Waals surface area contributed by atoms with Crippen molar-refractivity contribution in [2.75, 3.05) is 38.3 Å². The number of nitrogens with zero attached hydrogens (tertiary/aromatic N) is 3. The lowest BCUT2D eigenvalue weighted by Crippen LogP contribution is -2.36. The number of anilines is 1. The largest absolute Gasteiger partial charge is 0.378 e. The molecule has 1 aromatic heterocycles. The molecule has 0 radical (unpaired) electrons. The number of ether oxygens (including phenoxy) is 1. The molecule has 0 spiro atoms. The van der Waals surface area contributed by atoms with Crippen LogP contribution in [-0.2, 0) is 9.57 Å². The first-order chi connectivity index (χ1) is 7.81. The monoisotopic (exact) mass is 224 g/mol. The van der Waals surface area contributed by atoms with Gasteiger partial charge in [0.1, 0.15) is 12.0 Å². The predicted octanol–water partition coefficient (Wildman–Crippen LogP) is 0.890. The summed E-state index contributed by atoms with van der Waals surface area (Å²) in [7, 11) is 1.32. The molecule has 0 atom stereocenters. The van der Waals surface area contributed by atoms with Crippen LogP contribution in [-0.4, -0.2) is 43.3 Å². The summed E-state index contributed by atoms with van der Waals surface area (Å²) in [4.78, 5) is 22.4. The van der Waals surface area contributed by atoms with Crippen molar-refractivity contribution in [3.05, 3.63) is 23.2 Å². The van der Waals surface area contributed by atoms with E-state index in [0.717, 1.165) is 32.1 Å². The van der Waals surface area contributed by atoms with Crippen molar-refractivity contribution in [1.29, 1.82) is 0 Å². The van der Waals surface area contributed by atoms with Crippen molar-refractivity contribution in [1.82, 2.24) is 4.98 Å². The van der Waals surface area contributed by atoms with Gasteiger partial charge in [-0.05, 0) is 6.07 Å². The molecule has 1 aliphatic heterocycles. The van der Waals surface area contributed by atoms with Crippen molar-refractivity contribution in [3.63, 3.8) is 0 Å². The minimum atomic E-state index is 0.388. The standard InChI is InChI=1S/C10H14N3O3/c1-15-13(14)9-2-3-10(11-8-9)12-4-6-16-7-5-12/h2-3,8H,4-7H2,1H3/q+1. The molecule has 0 aliphatic carbocycles. The first-order valence-electron chi connectivity index (χ1n) is 5.11. The Morgan fingerprint density at radius 3 is 2.75 bits per heavy atom. The van der Waals surface area contributed by atoms with E-state index in [1.165, 1.54) is 13.3 Å². The molecule has 0 N–H and O–H groups in total. The third-order valence-electron chi connectivity index (χ3n) is 2.44. The van der Waals surface area contributed by atoms with E-state index >= 15 is 0 Å². The predicted molar refractivity (Wildman–Crippen MR) is 57.6 cm³/mol. The van der Waals surface area contributed by atoms with E-state index in [9.17, 15) is 4.91 Å². The fourth-order valence-electron chi connectivity index (χ4n) is 1.57. The van der Waals surface area contributed by atoms with E-state index in [-0.39, 0.29) is 0 Å². The van der Waals surface area contributed by atoms with Gasteiger partial charge in [0.05, 0.1) is 18.1 Å². The highest BCUT2D eigenvalue weighted by atomic mass is 16.8. The zero-order chi connectivity index (χ0) is 11.4. The van der Waals surface area contributed by atoms with Gasteiger partial charge < -0.3 is 9.64 Å². The van der Waals surface area contributed by atoms with Crippen LogP contribution in [0.2, 0.25) is 0 Å². The van der Waals surface area contributed by atoms with E-state index in [0.29, 0.717) is 10.6 Å². The third kappa shape index (κ3) is 2.27. The van der Waals surface area contributed by atoms with Crippen LogP contribution < -0.4 is 4.90 Å². The Labute approximate surface area is 93.3 Å². The molecular formula is C10H14N3O3+. The number of hydrogen-bond acceptors (Lipinski definition) is 5. The van der Waals surface area contributed by atoms with Crippen LogP contribution in [0.5, 0.6) is 0 Å². The summed E-state index contributed by atoms with van der Waals surface area (Å²) < 4.78 is 5.25. The van der Waals surface area contributed by atoms with Gasteiger partial charge in [0.2, 0.25) is 0 Å². The van der Waals surface area contributed by atoms with Gasteiger partial charge >= 0.3 is 5.69 Å². The van der Waals surface area contributed by atoms with Crippen LogP contribution in [0.1, 0.15) is 0 Å². The Morgan fingerprint density at radius 2 is 2.19 bits per heavy atom. The van der Waals surface area contributed by atoms with Crippen LogP contribution in [0.4, 0.5) is 11.5 Å². The summed E-state index contributed by atoms with van der Waals surface area (Å²) >= 11 is 0. The molecular weight excluding hydrogens is 210 g/mol. The maximum absolute atomic E-state index is 11.1. The number of hydrogen-bond donors (Lipinski definition) is 0. The maximum atomic E-state index is 11.1. The minimum Gasteiger partial charge on any atom is -0.378 e. The highest BCUT2D eigenvalue weighted by Crippen LogP contribution is 2.16. The number of rotatable bonds is 3. The van der Waals surface area contributed by atoms with E-state index in [4.69, 9.17) is 4.74 Å². The fourth-order valence-corrected chi connectivity index (χ4v) is 1.57. The Kier molecular flexibility index (Phi) is 3.31. The average Bonchev–Trinajstić information content (AvgIpc) is 2.39. The molecule has 0 amide bonds. The van der Waals surface area contributed by atoms with E-state index < -0.39 is 0 Å². The second-order valence-corrected chi connectivity index (χ2v) is 3.41. The van der Waals surface area contributed by atoms with Gasteiger partial charge in [-0.25, -0.2) is 9.82 Å². The molecule has 0 bridgehead atoms. The Balaban J connectivity index is 2.09. The van der Waals surface area contributed by atoms with Crippen molar-refractivity contribution < 1.29 is 14.5 Å². The molecule has 1 saturated heterocycles. The van der Waals surface area contributed by atoms with Gasteiger partial charge in [0.15, 0.2) is 7.11 Å². The summed E-state index contributed by atoms with van der Waals surface area (Å²) in [5.41, 5.74) is 0.388. The van der Waals surface area contributed by atoms with Gasteiger partial charge in [-0.3, -0.25) is 0 Å². The number of aromatic nitrogens is 1. The van der Waals surface area contributed by atoms with Crippen LogP contribution in [0, 0.1) is 4.91 Å². The van der Waals surface area contributed by atoms with Gasteiger partial charge in [-0.2, -0.15) is 0 Å². The van der Waals surface area contributed by atoms with Crippen molar-refractivity contribution in [2.45, 2.75) is 0 Å². The SMILES string of the molecule is CO[N+](=O)c1ccc(N2CCOCC2)nc1. The van der Waals surface area contributed by atoms with Crippen molar-refractivity contribution in [3.8, 4) is 0 Å². The summed E-state index contributed by atoms with van der Waals surface area (Å²) in [6.45, 7) is 3.10. The summed E-state index contributed by atoms with van der Waals surface area (Å²) in [6, 6.07) is 3.50. The molecule has 1 fully saturated rings. The molecule has 2 rings (SSSR count).